The molecule has 0 bridgehead atoms. The summed E-state index contributed by atoms with van der Waals surface area (Å²) >= 11 is 5.27. The molecule has 1 heterocycles. The minimum atomic E-state index is 0.411. The van der Waals surface area contributed by atoms with Gasteiger partial charge in [0.15, 0.2) is 0 Å². The Morgan fingerprint density at radius 1 is 1.75 bits per heavy atom. The van der Waals surface area contributed by atoms with Gasteiger partial charge in [-0.15, -0.1) is 11.3 Å². The highest BCUT2D eigenvalue weighted by molar-refractivity contribution is 9.09. The zero-order chi connectivity index (χ0) is 8.97. The number of thiazole rings is 1. The van der Waals surface area contributed by atoms with Crippen LogP contribution in [0, 0.1) is 0 Å². The standard InChI is InChI=1S/C8H13BrN2S/c1-2-7(9)8-11-6(3-4-10)5-12-8/h5,7H,2-4,10H2,1H3. The van der Waals surface area contributed by atoms with Gasteiger partial charge in [-0.25, -0.2) is 4.98 Å². The summed E-state index contributed by atoms with van der Waals surface area (Å²) in [6.45, 7) is 2.83. The lowest BCUT2D eigenvalue weighted by molar-refractivity contribution is 0.869. The Kier molecular flexibility index (Phi) is 4.18. The number of hydrogen-bond donors (Lipinski definition) is 1. The lowest BCUT2D eigenvalue weighted by Crippen LogP contribution is -2.02. The number of nitrogens with zero attached hydrogens (tertiary/aromatic N) is 1. The van der Waals surface area contributed by atoms with E-state index in [9.17, 15) is 0 Å². The topological polar surface area (TPSA) is 38.9 Å². The zero-order valence-corrected chi connectivity index (χ0v) is 9.49. The SMILES string of the molecule is CCC(Br)c1nc(CCN)cs1. The third-order valence-corrected chi connectivity index (χ3v) is 3.99. The first-order valence-electron chi connectivity index (χ1n) is 4.06. The van der Waals surface area contributed by atoms with Crippen LogP contribution in [0.25, 0.3) is 0 Å². The second kappa shape index (κ2) is 4.94. The van der Waals surface area contributed by atoms with Crippen molar-refractivity contribution in [1.82, 2.24) is 4.98 Å². The van der Waals surface area contributed by atoms with Crippen molar-refractivity contribution in [2.45, 2.75) is 24.6 Å². The Bertz CT molecular complexity index is 237. The third-order valence-electron chi connectivity index (χ3n) is 1.60. The van der Waals surface area contributed by atoms with E-state index < -0.39 is 0 Å². The number of aromatic nitrogens is 1. The average molecular weight is 249 g/mol. The number of alkyl halides is 1. The fourth-order valence-corrected chi connectivity index (χ4v) is 2.24. The smallest absolute Gasteiger partial charge is 0.106 e. The van der Waals surface area contributed by atoms with Crippen molar-refractivity contribution < 1.29 is 0 Å². The van der Waals surface area contributed by atoms with Crippen molar-refractivity contribution >= 4 is 27.3 Å². The van der Waals surface area contributed by atoms with E-state index in [0.29, 0.717) is 11.4 Å². The van der Waals surface area contributed by atoms with Gasteiger partial charge in [0.05, 0.1) is 10.5 Å². The van der Waals surface area contributed by atoms with Gasteiger partial charge in [0.2, 0.25) is 0 Å². The number of halogens is 1. The van der Waals surface area contributed by atoms with Crippen LogP contribution in [0.1, 0.15) is 28.9 Å². The van der Waals surface area contributed by atoms with Gasteiger partial charge in [-0.2, -0.15) is 0 Å². The second-order valence-electron chi connectivity index (χ2n) is 2.59. The van der Waals surface area contributed by atoms with Crippen LogP contribution in [0.15, 0.2) is 5.38 Å². The molecule has 0 fully saturated rings. The maximum atomic E-state index is 5.43. The van der Waals surface area contributed by atoms with E-state index in [1.165, 1.54) is 5.01 Å². The van der Waals surface area contributed by atoms with Crippen molar-refractivity contribution in [3.63, 3.8) is 0 Å². The molecule has 68 valence electrons. The Labute approximate surface area is 85.3 Å². The van der Waals surface area contributed by atoms with Crippen LogP contribution in [0.2, 0.25) is 0 Å². The first-order chi connectivity index (χ1) is 5.77. The molecule has 0 aliphatic heterocycles. The number of nitrogens with two attached hydrogens (primary N) is 1. The average Bonchev–Trinajstić information content (AvgIpc) is 2.52. The fraction of sp³-hybridized carbons (Fsp3) is 0.625. The Hall–Kier alpha value is 0.0700. The van der Waals surface area contributed by atoms with Gasteiger partial charge in [0.1, 0.15) is 5.01 Å². The van der Waals surface area contributed by atoms with Crippen LogP contribution < -0.4 is 5.73 Å². The number of rotatable bonds is 4. The summed E-state index contributed by atoms with van der Waals surface area (Å²) < 4.78 is 0. The lowest BCUT2D eigenvalue weighted by atomic mass is 10.3. The highest BCUT2D eigenvalue weighted by Gasteiger charge is 2.08. The summed E-state index contributed by atoms with van der Waals surface area (Å²) in [5.74, 6) is 0. The van der Waals surface area contributed by atoms with E-state index in [2.05, 4.69) is 33.2 Å². The summed E-state index contributed by atoms with van der Waals surface area (Å²) in [5, 5.41) is 3.26. The van der Waals surface area contributed by atoms with Crippen molar-refractivity contribution in [1.29, 1.82) is 0 Å². The summed E-state index contributed by atoms with van der Waals surface area (Å²) in [7, 11) is 0. The van der Waals surface area contributed by atoms with E-state index in [4.69, 9.17) is 5.73 Å². The second-order valence-corrected chi connectivity index (χ2v) is 4.59. The largest absolute Gasteiger partial charge is 0.330 e. The van der Waals surface area contributed by atoms with Crippen molar-refractivity contribution in [3.8, 4) is 0 Å². The Balaban J connectivity index is 2.63. The molecule has 1 atom stereocenters. The van der Waals surface area contributed by atoms with Gasteiger partial charge >= 0.3 is 0 Å². The van der Waals surface area contributed by atoms with Crippen LogP contribution in [-0.2, 0) is 6.42 Å². The third kappa shape index (κ3) is 2.54. The van der Waals surface area contributed by atoms with Gasteiger partial charge < -0.3 is 5.73 Å². The molecule has 0 spiro atoms. The minimum absolute atomic E-state index is 0.411. The minimum Gasteiger partial charge on any atom is -0.330 e. The van der Waals surface area contributed by atoms with Crippen molar-refractivity contribution in [2.24, 2.45) is 5.73 Å². The molecular formula is C8H13BrN2S. The van der Waals surface area contributed by atoms with Crippen molar-refractivity contribution in [3.05, 3.63) is 16.1 Å². The van der Waals surface area contributed by atoms with Crippen molar-refractivity contribution in [2.75, 3.05) is 6.54 Å². The molecule has 0 saturated heterocycles. The first-order valence-corrected chi connectivity index (χ1v) is 5.86. The predicted octanol–water partition coefficient (Wildman–Crippen LogP) is 2.49. The van der Waals surface area contributed by atoms with Gasteiger partial charge in [-0.05, 0) is 13.0 Å². The summed E-state index contributed by atoms with van der Waals surface area (Å²) in [5.41, 5.74) is 6.55. The van der Waals surface area contributed by atoms with Crippen LogP contribution in [0.3, 0.4) is 0 Å². The van der Waals surface area contributed by atoms with E-state index in [1.54, 1.807) is 11.3 Å². The van der Waals surface area contributed by atoms with E-state index in [-0.39, 0.29) is 0 Å². The lowest BCUT2D eigenvalue weighted by Gasteiger charge is -1.99. The van der Waals surface area contributed by atoms with Gasteiger partial charge in [-0.1, -0.05) is 22.9 Å². The van der Waals surface area contributed by atoms with Crippen LogP contribution in [0.4, 0.5) is 0 Å². The summed E-state index contributed by atoms with van der Waals surface area (Å²) in [6, 6.07) is 0. The molecule has 0 aliphatic rings. The van der Waals surface area contributed by atoms with Gasteiger partial charge in [0, 0.05) is 11.8 Å². The van der Waals surface area contributed by atoms with Crippen LogP contribution in [-0.4, -0.2) is 11.5 Å². The van der Waals surface area contributed by atoms with Gasteiger partial charge in [0.25, 0.3) is 0 Å². The molecule has 2 nitrogen and oxygen atoms in total. The monoisotopic (exact) mass is 248 g/mol. The Morgan fingerprint density at radius 2 is 2.50 bits per heavy atom. The predicted molar refractivity (Wildman–Crippen MR) is 56.8 cm³/mol. The molecule has 4 heteroatoms. The molecule has 0 saturated carbocycles. The highest BCUT2D eigenvalue weighted by Crippen LogP contribution is 2.28. The molecule has 2 N–H and O–H groups in total. The summed E-state index contributed by atoms with van der Waals surface area (Å²) in [4.78, 5) is 4.87. The molecule has 1 unspecified atom stereocenters. The van der Waals surface area contributed by atoms with Gasteiger partial charge in [-0.3, -0.25) is 0 Å². The summed E-state index contributed by atoms with van der Waals surface area (Å²) in [6.07, 6.45) is 1.97. The van der Waals surface area contributed by atoms with E-state index in [1.807, 2.05) is 0 Å². The normalized spacial score (nSPS) is 13.2. The molecule has 0 amide bonds. The van der Waals surface area contributed by atoms with Crippen LogP contribution in [0.5, 0.6) is 0 Å². The molecular weight excluding hydrogens is 236 g/mol. The van der Waals surface area contributed by atoms with E-state index >= 15 is 0 Å². The fourth-order valence-electron chi connectivity index (χ4n) is 0.904. The Morgan fingerprint density at radius 3 is 3.08 bits per heavy atom. The number of hydrogen-bond acceptors (Lipinski definition) is 3. The quantitative estimate of drug-likeness (QED) is 0.832. The highest BCUT2D eigenvalue weighted by atomic mass is 79.9. The first kappa shape index (κ1) is 10.2. The van der Waals surface area contributed by atoms with E-state index in [0.717, 1.165) is 18.5 Å². The molecule has 1 rings (SSSR count). The molecule has 1 aromatic heterocycles. The van der Waals surface area contributed by atoms with Crippen LogP contribution >= 0.6 is 27.3 Å². The maximum Gasteiger partial charge on any atom is 0.106 e. The maximum absolute atomic E-state index is 5.43. The molecule has 0 aliphatic carbocycles. The zero-order valence-electron chi connectivity index (χ0n) is 7.09. The molecule has 1 aromatic rings. The molecule has 0 radical (unpaired) electrons. The molecule has 12 heavy (non-hydrogen) atoms. The molecule has 0 aromatic carbocycles.